The highest BCUT2D eigenvalue weighted by molar-refractivity contribution is 5.38. The second-order valence-electron chi connectivity index (χ2n) is 8.09. The fourth-order valence-electron chi connectivity index (χ4n) is 4.03. The van der Waals surface area contributed by atoms with Crippen LogP contribution >= 0.6 is 0 Å². The van der Waals surface area contributed by atoms with E-state index in [-0.39, 0.29) is 0 Å². The number of hydrogen-bond acceptors (Lipinski definition) is 2. The van der Waals surface area contributed by atoms with Crippen LogP contribution in [0.15, 0.2) is 48.5 Å². The number of ether oxygens (including phenoxy) is 2. The van der Waals surface area contributed by atoms with Crippen LogP contribution in [0.3, 0.4) is 0 Å². The molecule has 2 aromatic carbocycles. The maximum Gasteiger partial charge on any atom is 0.122 e. The van der Waals surface area contributed by atoms with Gasteiger partial charge in [0.15, 0.2) is 0 Å². The largest absolute Gasteiger partial charge is 0.493 e. The molecule has 2 heterocycles. The lowest BCUT2D eigenvalue weighted by atomic mass is 9.84. The first-order chi connectivity index (χ1) is 12.6. The molecule has 0 amide bonds. The lowest BCUT2D eigenvalue weighted by Gasteiger charge is -2.28. The van der Waals surface area contributed by atoms with E-state index in [1.54, 1.807) is 0 Å². The Balaban J connectivity index is 0.000000151. The quantitative estimate of drug-likeness (QED) is 0.644. The molecule has 2 nitrogen and oxygen atoms in total. The van der Waals surface area contributed by atoms with Crippen molar-refractivity contribution in [3.63, 3.8) is 0 Å². The van der Waals surface area contributed by atoms with Gasteiger partial charge in [-0.1, -0.05) is 70.2 Å². The fraction of sp³-hybridized carbons (Fsp3) is 0.500. The lowest BCUT2D eigenvalue weighted by Crippen LogP contribution is -2.20. The maximum atomic E-state index is 5.60. The van der Waals surface area contributed by atoms with Crippen LogP contribution in [0.25, 0.3) is 0 Å². The molecule has 0 fully saturated rings. The molecule has 0 radical (unpaired) electrons. The van der Waals surface area contributed by atoms with E-state index < -0.39 is 0 Å². The van der Waals surface area contributed by atoms with Crippen molar-refractivity contribution in [3.05, 3.63) is 65.2 Å². The zero-order valence-corrected chi connectivity index (χ0v) is 16.6. The molecule has 0 saturated carbocycles. The summed E-state index contributed by atoms with van der Waals surface area (Å²) < 4.78 is 11.2. The monoisotopic (exact) mass is 352 g/mol. The predicted octanol–water partition coefficient (Wildman–Crippen LogP) is 6.17. The fourth-order valence-corrected chi connectivity index (χ4v) is 4.03. The average Bonchev–Trinajstić information content (AvgIpc) is 2.67. The van der Waals surface area contributed by atoms with Crippen molar-refractivity contribution in [1.82, 2.24) is 0 Å². The van der Waals surface area contributed by atoms with E-state index in [1.807, 2.05) is 6.07 Å². The van der Waals surface area contributed by atoms with E-state index >= 15 is 0 Å². The van der Waals surface area contributed by atoms with Gasteiger partial charge in [0.1, 0.15) is 5.75 Å². The van der Waals surface area contributed by atoms with Crippen LogP contribution < -0.4 is 4.74 Å². The summed E-state index contributed by atoms with van der Waals surface area (Å²) in [6.07, 6.45) is 1.16. The van der Waals surface area contributed by atoms with Gasteiger partial charge in [0.05, 0.1) is 19.8 Å². The first kappa shape index (κ1) is 19.0. The van der Waals surface area contributed by atoms with E-state index in [0.717, 1.165) is 32.0 Å². The molecule has 140 valence electrons. The number of benzene rings is 2. The van der Waals surface area contributed by atoms with Gasteiger partial charge >= 0.3 is 0 Å². The molecular weight excluding hydrogens is 320 g/mol. The maximum absolute atomic E-state index is 5.60. The summed E-state index contributed by atoms with van der Waals surface area (Å²) in [6, 6.07) is 17.0. The minimum Gasteiger partial charge on any atom is -0.493 e. The highest BCUT2D eigenvalue weighted by Crippen LogP contribution is 2.37. The molecule has 0 aliphatic carbocycles. The van der Waals surface area contributed by atoms with Gasteiger partial charge in [0.25, 0.3) is 0 Å². The SMILES string of the molecule is CC(C)C1CCOc2ccccc21.CC(C)C1COCc2ccccc21. The third kappa shape index (κ3) is 4.29. The molecule has 0 bridgehead atoms. The molecule has 4 rings (SSSR count). The molecule has 2 atom stereocenters. The van der Waals surface area contributed by atoms with Gasteiger partial charge in [-0.25, -0.2) is 0 Å². The molecule has 0 N–H and O–H groups in total. The van der Waals surface area contributed by atoms with Crippen LogP contribution in [0.1, 0.15) is 62.6 Å². The van der Waals surface area contributed by atoms with Crippen molar-refractivity contribution < 1.29 is 9.47 Å². The van der Waals surface area contributed by atoms with Gasteiger partial charge in [0, 0.05) is 5.92 Å². The predicted molar refractivity (Wildman–Crippen MR) is 108 cm³/mol. The highest BCUT2D eigenvalue weighted by Gasteiger charge is 2.23. The summed E-state index contributed by atoms with van der Waals surface area (Å²) in [7, 11) is 0. The molecule has 2 aliphatic rings. The van der Waals surface area contributed by atoms with Gasteiger partial charge < -0.3 is 9.47 Å². The zero-order valence-electron chi connectivity index (χ0n) is 16.6. The Morgan fingerprint density at radius 1 is 0.808 bits per heavy atom. The summed E-state index contributed by atoms with van der Waals surface area (Å²) >= 11 is 0. The molecule has 2 unspecified atom stereocenters. The van der Waals surface area contributed by atoms with Gasteiger partial charge in [0.2, 0.25) is 0 Å². The van der Waals surface area contributed by atoms with Crippen molar-refractivity contribution in [3.8, 4) is 5.75 Å². The molecule has 2 aliphatic heterocycles. The van der Waals surface area contributed by atoms with Gasteiger partial charge in [-0.2, -0.15) is 0 Å². The number of hydrogen-bond donors (Lipinski definition) is 0. The lowest BCUT2D eigenvalue weighted by molar-refractivity contribution is 0.0792. The van der Waals surface area contributed by atoms with Crippen LogP contribution in [-0.4, -0.2) is 13.2 Å². The summed E-state index contributed by atoms with van der Waals surface area (Å²) in [5.74, 6) is 3.74. The van der Waals surface area contributed by atoms with Crippen LogP contribution in [0, 0.1) is 11.8 Å². The molecular formula is C24H32O2. The third-order valence-electron chi connectivity index (χ3n) is 5.62. The van der Waals surface area contributed by atoms with Crippen LogP contribution in [-0.2, 0) is 11.3 Å². The third-order valence-corrected chi connectivity index (χ3v) is 5.62. The van der Waals surface area contributed by atoms with Gasteiger partial charge in [-0.05, 0) is 46.9 Å². The minimum absolute atomic E-state index is 0.588. The minimum atomic E-state index is 0.588. The Kier molecular flexibility index (Phi) is 6.37. The summed E-state index contributed by atoms with van der Waals surface area (Å²) in [4.78, 5) is 0. The molecule has 26 heavy (non-hydrogen) atoms. The first-order valence-electron chi connectivity index (χ1n) is 9.95. The Hall–Kier alpha value is -1.80. The van der Waals surface area contributed by atoms with Crippen LogP contribution in [0.5, 0.6) is 5.75 Å². The van der Waals surface area contributed by atoms with E-state index in [2.05, 4.69) is 70.2 Å². The second kappa shape index (κ2) is 8.73. The van der Waals surface area contributed by atoms with Crippen LogP contribution in [0.2, 0.25) is 0 Å². The molecule has 2 aromatic rings. The highest BCUT2D eigenvalue weighted by atomic mass is 16.5. The number of rotatable bonds is 2. The van der Waals surface area contributed by atoms with Gasteiger partial charge in [-0.15, -0.1) is 0 Å². The summed E-state index contributed by atoms with van der Waals surface area (Å²) in [5, 5.41) is 0. The first-order valence-corrected chi connectivity index (χ1v) is 9.95. The summed E-state index contributed by atoms with van der Waals surface area (Å²) in [6.45, 7) is 11.6. The molecule has 0 spiro atoms. The Morgan fingerprint density at radius 2 is 1.46 bits per heavy atom. The van der Waals surface area contributed by atoms with E-state index in [4.69, 9.17) is 9.47 Å². The zero-order chi connectivity index (χ0) is 18.5. The normalized spacial score (nSPS) is 21.3. The van der Waals surface area contributed by atoms with Crippen molar-refractivity contribution in [2.45, 2.75) is 52.6 Å². The van der Waals surface area contributed by atoms with Crippen LogP contribution in [0.4, 0.5) is 0 Å². The van der Waals surface area contributed by atoms with Crippen molar-refractivity contribution >= 4 is 0 Å². The van der Waals surface area contributed by atoms with E-state index in [1.165, 1.54) is 16.7 Å². The van der Waals surface area contributed by atoms with E-state index in [0.29, 0.717) is 23.7 Å². The summed E-state index contributed by atoms with van der Waals surface area (Å²) in [5.41, 5.74) is 4.25. The Morgan fingerprint density at radius 3 is 2.19 bits per heavy atom. The number of fused-ring (bicyclic) bond motifs is 2. The topological polar surface area (TPSA) is 18.5 Å². The molecule has 0 aromatic heterocycles. The number of para-hydroxylation sites is 1. The average molecular weight is 353 g/mol. The Labute approximate surface area is 158 Å². The molecule has 0 saturated heterocycles. The molecule has 2 heteroatoms. The van der Waals surface area contributed by atoms with Crippen molar-refractivity contribution in [2.75, 3.05) is 13.2 Å². The van der Waals surface area contributed by atoms with Crippen molar-refractivity contribution in [1.29, 1.82) is 0 Å². The standard InChI is InChI=1S/2C12H16O/c1-9(2)12-8-13-7-10-5-3-4-6-11(10)12;1-9(2)10-7-8-13-12-6-4-3-5-11(10)12/h3-6,9,12H,7-8H2,1-2H3;3-6,9-10H,7-8H2,1-2H3. The smallest absolute Gasteiger partial charge is 0.122 e. The Bertz CT molecular complexity index is 643. The van der Waals surface area contributed by atoms with E-state index in [9.17, 15) is 0 Å². The van der Waals surface area contributed by atoms with Crippen molar-refractivity contribution in [2.24, 2.45) is 11.8 Å². The van der Waals surface area contributed by atoms with Gasteiger partial charge in [-0.3, -0.25) is 0 Å². The second-order valence-corrected chi connectivity index (χ2v) is 8.09.